The molecule has 1 aromatic carbocycles. The molecule has 2 heterocycles. The summed E-state index contributed by atoms with van der Waals surface area (Å²) in [4.78, 5) is 12.3. The van der Waals surface area contributed by atoms with Gasteiger partial charge in [-0.25, -0.2) is 0 Å². The molecular weight excluding hydrogens is 348 g/mol. The van der Waals surface area contributed by atoms with Crippen LogP contribution in [-0.4, -0.2) is 11.9 Å². The average Bonchev–Trinajstić information content (AvgIpc) is 3.32. The molecule has 0 saturated heterocycles. The Labute approximate surface area is 155 Å². The Hall–Kier alpha value is -3.04. The highest BCUT2D eigenvalue weighted by Gasteiger charge is 2.15. The molecule has 1 unspecified atom stereocenters. The summed E-state index contributed by atoms with van der Waals surface area (Å²) in [5.74, 6) is 1.00. The smallest absolute Gasteiger partial charge is 0.287 e. The van der Waals surface area contributed by atoms with Crippen LogP contribution in [0.1, 0.15) is 34.4 Å². The van der Waals surface area contributed by atoms with Gasteiger partial charge in [0.1, 0.15) is 24.2 Å². The Morgan fingerprint density at radius 1 is 1.31 bits per heavy atom. The highest BCUT2D eigenvalue weighted by Crippen LogP contribution is 2.19. The molecule has 0 aliphatic rings. The van der Waals surface area contributed by atoms with E-state index in [1.807, 2.05) is 12.3 Å². The van der Waals surface area contributed by atoms with E-state index < -0.39 is 0 Å². The lowest BCUT2D eigenvalue weighted by Gasteiger charge is -2.11. The van der Waals surface area contributed by atoms with Gasteiger partial charge in [-0.05, 0) is 60.0 Å². The Kier molecular flexibility index (Phi) is 5.72. The van der Waals surface area contributed by atoms with Crippen LogP contribution in [-0.2, 0) is 13.0 Å². The molecule has 3 aromatic rings. The van der Waals surface area contributed by atoms with Gasteiger partial charge in [0.2, 0.25) is 0 Å². The Morgan fingerprint density at radius 3 is 2.92 bits per heavy atom. The molecule has 5 nitrogen and oxygen atoms in total. The van der Waals surface area contributed by atoms with E-state index in [2.05, 4.69) is 22.8 Å². The van der Waals surface area contributed by atoms with Crippen LogP contribution < -0.4 is 10.1 Å². The van der Waals surface area contributed by atoms with Crippen molar-refractivity contribution in [2.24, 2.45) is 0 Å². The van der Waals surface area contributed by atoms with E-state index in [1.165, 1.54) is 5.56 Å². The second kappa shape index (κ2) is 8.37. The van der Waals surface area contributed by atoms with Crippen LogP contribution in [0.15, 0.2) is 57.6 Å². The summed E-state index contributed by atoms with van der Waals surface area (Å²) in [5.41, 5.74) is 1.66. The topological polar surface area (TPSA) is 75.3 Å². The van der Waals surface area contributed by atoms with Crippen LogP contribution in [0.5, 0.6) is 5.75 Å². The first-order valence-corrected chi connectivity index (χ1v) is 9.12. The second-order valence-electron chi connectivity index (χ2n) is 5.87. The number of para-hydroxylation sites is 1. The average molecular weight is 366 g/mol. The molecule has 1 N–H and O–H groups in total. The highest BCUT2D eigenvalue weighted by atomic mass is 32.1. The molecular formula is C20H18N2O3S. The predicted molar refractivity (Wildman–Crippen MR) is 99.1 cm³/mol. The van der Waals surface area contributed by atoms with Crippen LogP contribution >= 0.6 is 11.3 Å². The van der Waals surface area contributed by atoms with Crippen molar-refractivity contribution in [2.45, 2.75) is 26.0 Å². The number of hydrogen-bond donors (Lipinski definition) is 1. The normalized spacial score (nSPS) is 11.5. The Bertz CT molecular complexity index is 909. The van der Waals surface area contributed by atoms with Gasteiger partial charge in [-0.2, -0.15) is 16.6 Å². The molecule has 0 aliphatic carbocycles. The summed E-state index contributed by atoms with van der Waals surface area (Å²) in [6, 6.07) is 14.4. The third-order valence-corrected chi connectivity index (χ3v) is 4.49. The summed E-state index contributed by atoms with van der Waals surface area (Å²) in [7, 11) is 0. The molecule has 0 bridgehead atoms. The molecule has 1 atom stereocenters. The summed E-state index contributed by atoms with van der Waals surface area (Å²) in [6.07, 6.45) is 0.775. The van der Waals surface area contributed by atoms with Crippen LogP contribution in [0, 0.1) is 11.3 Å². The van der Waals surface area contributed by atoms with E-state index in [1.54, 1.807) is 47.7 Å². The zero-order valence-electron chi connectivity index (χ0n) is 14.3. The lowest BCUT2D eigenvalue weighted by atomic mass is 10.1. The zero-order chi connectivity index (χ0) is 18.4. The van der Waals surface area contributed by atoms with Gasteiger partial charge < -0.3 is 14.5 Å². The molecule has 3 rings (SSSR count). The van der Waals surface area contributed by atoms with Crippen LogP contribution in [0.25, 0.3) is 0 Å². The number of furan rings is 1. The number of carbonyl (C=O) groups excluding carboxylic acids is 1. The largest absolute Gasteiger partial charge is 0.484 e. The van der Waals surface area contributed by atoms with Gasteiger partial charge in [-0.1, -0.05) is 12.1 Å². The predicted octanol–water partition coefficient (Wildman–Crippen LogP) is 4.15. The standard InChI is InChI=1S/C20H18N2O3S/c1-14(10-15-8-9-26-13-15)22-20(23)19-7-6-17(25-19)12-24-18-5-3-2-4-16(18)11-21/h2-9,13-14H,10,12H2,1H3,(H,22,23). The highest BCUT2D eigenvalue weighted by molar-refractivity contribution is 7.07. The minimum absolute atomic E-state index is 0.00408. The van der Waals surface area contributed by atoms with Crippen molar-refractivity contribution in [3.05, 3.63) is 75.9 Å². The zero-order valence-corrected chi connectivity index (χ0v) is 15.1. The number of nitriles is 1. The van der Waals surface area contributed by atoms with Gasteiger partial charge in [0, 0.05) is 6.04 Å². The number of nitrogens with one attached hydrogen (secondary N) is 1. The number of ether oxygens (including phenoxy) is 1. The van der Waals surface area contributed by atoms with Crippen LogP contribution in [0.3, 0.4) is 0 Å². The van der Waals surface area contributed by atoms with Gasteiger partial charge in [0.05, 0.1) is 5.56 Å². The molecule has 26 heavy (non-hydrogen) atoms. The first-order valence-electron chi connectivity index (χ1n) is 8.18. The number of nitrogens with zero attached hydrogens (tertiary/aromatic N) is 1. The van der Waals surface area contributed by atoms with Crippen molar-refractivity contribution in [1.29, 1.82) is 5.26 Å². The maximum Gasteiger partial charge on any atom is 0.287 e. The van der Waals surface area contributed by atoms with Crippen LogP contribution in [0.4, 0.5) is 0 Å². The summed E-state index contributed by atoms with van der Waals surface area (Å²) in [5, 5.41) is 16.1. The molecule has 132 valence electrons. The van der Waals surface area contributed by atoms with Gasteiger partial charge >= 0.3 is 0 Å². The number of thiophene rings is 1. The van der Waals surface area contributed by atoms with Gasteiger partial charge in [0.15, 0.2) is 5.76 Å². The summed E-state index contributed by atoms with van der Waals surface area (Å²) >= 11 is 1.64. The number of rotatable bonds is 7. The second-order valence-corrected chi connectivity index (χ2v) is 6.65. The fourth-order valence-electron chi connectivity index (χ4n) is 2.52. The number of hydrogen-bond acceptors (Lipinski definition) is 5. The van der Waals surface area contributed by atoms with Crippen molar-refractivity contribution in [3.63, 3.8) is 0 Å². The fourth-order valence-corrected chi connectivity index (χ4v) is 3.20. The monoisotopic (exact) mass is 366 g/mol. The van der Waals surface area contributed by atoms with Crippen molar-refractivity contribution in [3.8, 4) is 11.8 Å². The van der Waals surface area contributed by atoms with Crippen molar-refractivity contribution < 1.29 is 13.9 Å². The van der Waals surface area contributed by atoms with Crippen molar-refractivity contribution in [2.75, 3.05) is 0 Å². The molecule has 1 amide bonds. The fraction of sp³-hybridized carbons (Fsp3) is 0.200. The maximum absolute atomic E-state index is 12.3. The molecule has 2 aromatic heterocycles. The minimum Gasteiger partial charge on any atom is -0.484 e. The van der Waals surface area contributed by atoms with Gasteiger partial charge in [0.25, 0.3) is 5.91 Å². The molecule has 0 spiro atoms. The maximum atomic E-state index is 12.3. The quantitative estimate of drug-likeness (QED) is 0.681. The molecule has 0 radical (unpaired) electrons. The Balaban J connectivity index is 1.55. The lowest BCUT2D eigenvalue weighted by Crippen LogP contribution is -2.33. The van der Waals surface area contributed by atoms with E-state index in [4.69, 9.17) is 14.4 Å². The molecule has 0 aliphatic heterocycles. The van der Waals surface area contributed by atoms with E-state index in [0.29, 0.717) is 17.1 Å². The third kappa shape index (κ3) is 4.52. The SMILES string of the molecule is CC(Cc1ccsc1)NC(=O)c1ccc(COc2ccccc2C#N)o1. The van der Waals surface area contributed by atoms with Gasteiger partial charge in [-0.3, -0.25) is 4.79 Å². The number of benzene rings is 1. The molecule has 6 heteroatoms. The third-order valence-electron chi connectivity index (χ3n) is 3.76. The van der Waals surface area contributed by atoms with E-state index in [9.17, 15) is 4.79 Å². The number of carbonyl (C=O) groups is 1. The lowest BCUT2D eigenvalue weighted by molar-refractivity contribution is 0.0908. The van der Waals surface area contributed by atoms with E-state index in [-0.39, 0.29) is 24.3 Å². The Morgan fingerprint density at radius 2 is 2.15 bits per heavy atom. The first-order chi connectivity index (χ1) is 12.7. The van der Waals surface area contributed by atoms with Gasteiger partial charge in [-0.15, -0.1) is 0 Å². The minimum atomic E-state index is -0.253. The van der Waals surface area contributed by atoms with E-state index >= 15 is 0 Å². The van der Waals surface area contributed by atoms with E-state index in [0.717, 1.165) is 6.42 Å². The van der Waals surface area contributed by atoms with Crippen molar-refractivity contribution >= 4 is 17.2 Å². The summed E-state index contributed by atoms with van der Waals surface area (Å²) < 4.78 is 11.2. The van der Waals surface area contributed by atoms with Crippen molar-refractivity contribution in [1.82, 2.24) is 5.32 Å². The number of amides is 1. The molecule has 0 fully saturated rings. The summed E-state index contributed by atoms with van der Waals surface area (Å²) in [6.45, 7) is 2.11. The molecule has 0 saturated carbocycles. The first kappa shape index (κ1) is 17.8. The van der Waals surface area contributed by atoms with Crippen LogP contribution in [0.2, 0.25) is 0 Å².